The average Bonchev–Trinajstić information content (AvgIpc) is 3.57. The highest BCUT2D eigenvalue weighted by molar-refractivity contribution is 9.10. The number of pyridine rings is 1. The van der Waals surface area contributed by atoms with Gasteiger partial charge in [-0.1, -0.05) is 31.2 Å². The molecule has 3 heterocycles. The van der Waals surface area contributed by atoms with E-state index in [0.717, 1.165) is 49.3 Å². The Labute approximate surface area is 284 Å². The van der Waals surface area contributed by atoms with Gasteiger partial charge in [0.05, 0.1) is 27.5 Å². The summed E-state index contributed by atoms with van der Waals surface area (Å²) in [6.07, 6.45) is 3.75. The standard InChI is InChI=1S/C34H30BrFN6O3S2/c1-2-28(37-14-15-47(43,44)32-8-3-4-13-38-32)34-42-30(20-46-34)23-9-11-29-26(17-23)33(40-21-39-29)41-25-10-12-31(27(35)18-25)45-19-22-6-5-7-24(36)16-22/h3-13,16-18,20-21,28,37H,2,14-15,19H2,1H3,(H,39,40,41). The SMILES string of the molecule is CCC(NCCS(=O)(=O)c1ccccn1)c1nc(-c2ccc3ncnc(Nc4ccc(OCc5cccc(F)c5)c(Br)c4)c3c2)cs1. The van der Waals surface area contributed by atoms with E-state index in [1.54, 1.807) is 18.2 Å². The molecule has 3 aromatic carbocycles. The van der Waals surface area contributed by atoms with Crippen molar-refractivity contribution in [3.05, 3.63) is 118 Å². The predicted octanol–water partition coefficient (Wildman–Crippen LogP) is 7.89. The number of nitrogens with one attached hydrogen (secondary N) is 2. The number of hydrogen-bond acceptors (Lipinski definition) is 10. The molecule has 6 rings (SSSR count). The lowest BCUT2D eigenvalue weighted by Gasteiger charge is -2.14. The Morgan fingerprint density at radius 3 is 2.68 bits per heavy atom. The number of rotatable bonds is 13. The van der Waals surface area contributed by atoms with Crippen molar-refractivity contribution in [3.8, 4) is 17.0 Å². The van der Waals surface area contributed by atoms with Crippen LogP contribution in [-0.2, 0) is 16.4 Å². The number of aromatic nitrogens is 4. The molecule has 47 heavy (non-hydrogen) atoms. The molecule has 0 bridgehead atoms. The molecule has 1 atom stereocenters. The zero-order chi connectivity index (χ0) is 32.8. The summed E-state index contributed by atoms with van der Waals surface area (Å²) in [5.41, 5.74) is 4.03. The van der Waals surface area contributed by atoms with Crippen molar-refractivity contribution in [1.82, 2.24) is 25.3 Å². The van der Waals surface area contributed by atoms with E-state index in [9.17, 15) is 12.8 Å². The molecule has 0 amide bonds. The Hall–Kier alpha value is -4.30. The number of benzene rings is 3. The Balaban J connectivity index is 1.14. The Bertz CT molecular complexity index is 2110. The minimum absolute atomic E-state index is 0.0551. The van der Waals surface area contributed by atoms with Crippen LogP contribution in [0, 0.1) is 5.82 Å². The van der Waals surface area contributed by atoms with Crippen LogP contribution >= 0.6 is 27.3 Å². The second kappa shape index (κ2) is 14.6. The molecule has 1 unspecified atom stereocenters. The molecule has 13 heteroatoms. The lowest BCUT2D eigenvalue weighted by molar-refractivity contribution is 0.303. The van der Waals surface area contributed by atoms with Crippen molar-refractivity contribution in [2.24, 2.45) is 0 Å². The minimum Gasteiger partial charge on any atom is -0.488 e. The van der Waals surface area contributed by atoms with Gasteiger partial charge >= 0.3 is 0 Å². The van der Waals surface area contributed by atoms with Gasteiger partial charge in [0.1, 0.15) is 35.3 Å². The first-order chi connectivity index (χ1) is 22.8. The van der Waals surface area contributed by atoms with E-state index in [-0.39, 0.29) is 35.8 Å². The van der Waals surface area contributed by atoms with E-state index in [1.807, 2.05) is 54.8 Å². The van der Waals surface area contributed by atoms with Crippen molar-refractivity contribution in [3.63, 3.8) is 0 Å². The first kappa shape index (κ1) is 32.6. The molecule has 9 nitrogen and oxygen atoms in total. The van der Waals surface area contributed by atoms with E-state index in [1.165, 1.54) is 42.1 Å². The van der Waals surface area contributed by atoms with Crippen LogP contribution in [0.25, 0.3) is 22.2 Å². The largest absolute Gasteiger partial charge is 0.488 e. The fourth-order valence-corrected chi connectivity index (χ4v) is 7.51. The fourth-order valence-electron chi connectivity index (χ4n) is 4.93. The number of halogens is 2. The number of nitrogens with zero attached hydrogens (tertiary/aromatic N) is 4. The van der Waals surface area contributed by atoms with Gasteiger partial charge in [0.2, 0.25) is 0 Å². The number of anilines is 2. The molecule has 0 fully saturated rings. The van der Waals surface area contributed by atoms with E-state index in [4.69, 9.17) is 9.72 Å². The molecule has 0 aliphatic carbocycles. The van der Waals surface area contributed by atoms with Crippen molar-refractivity contribution >= 4 is 59.5 Å². The summed E-state index contributed by atoms with van der Waals surface area (Å²) < 4.78 is 45.4. The number of sulfone groups is 1. The van der Waals surface area contributed by atoms with Gasteiger partial charge < -0.3 is 15.4 Å². The predicted molar refractivity (Wildman–Crippen MR) is 186 cm³/mol. The topological polar surface area (TPSA) is 119 Å². The van der Waals surface area contributed by atoms with Crippen LogP contribution < -0.4 is 15.4 Å². The Morgan fingerprint density at radius 2 is 1.89 bits per heavy atom. The lowest BCUT2D eigenvalue weighted by atomic mass is 10.1. The molecule has 3 aromatic heterocycles. The third-order valence-electron chi connectivity index (χ3n) is 7.36. The third-order valence-corrected chi connectivity index (χ3v) is 10.6. The van der Waals surface area contributed by atoms with Gasteiger partial charge in [-0.2, -0.15) is 0 Å². The van der Waals surface area contributed by atoms with Crippen LogP contribution in [0.1, 0.15) is 30.0 Å². The maximum Gasteiger partial charge on any atom is 0.196 e. The van der Waals surface area contributed by atoms with Crippen molar-refractivity contribution in [2.45, 2.75) is 31.0 Å². The number of thiazole rings is 1. The van der Waals surface area contributed by atoms with Crippen LogP contribution in [0.2, 0.25) is 0 Å². The quantitative estimate of drug-likeness (QED) is 0.122. The summed E-state index contributed by atoms with van der Waals surface area (Å²) in [6, 6.07) is 22.6. The molecule has 0 aliphatic heterocycles. The van der Waals surface area contributed by atoms with E-state index < -0.39 is 9.84 Å². The summed E-state index contributed by atoms with van der Waals surface area (Å²) in [6.45, 7) is 2.56. The van der Waals surface area contributed by atoms with Gasteiger partial charge in [0.25, 0.3) is 0 Å². The summed E-state index contributed by atoms with van der Waals surface area (Å²) in [5.74, 6) is 0.907. The molecular formula is C34H30BrFN6O3S2. The normalized spacial score (nSPS) is 12.2. The van der Waals surface area contributed by atoms with Gasteiger partial charge in [-0.15, -0.1) is 11.3 Å². The first-order valence-corrected chi connectivity index (χ1v) is 18.1. The van der Waals surface area contributed by atoms with Gasteiger partial charge in [0.15, 0.2) is 14.9 Å². The van der Waals surface area contributed by atoms with E-state index >= 15 is 0 Å². The Kier molecular flexibility index (Phi) is 10.2. The number of ether oxygens (including phenoxy) is 1. The molecule has 6 aromatic rings. The molecular weight excluding hydrogens is 703 g/mol. The molecule has 2 N–H and O–H groups in total. The minimum atomic E-state index is -3.48. The molecule has 0 saturated carbocycles. The van der Waals surface area contributed by atoms with Crippen molar-refractivity contribution < 1.29 is 17.5 Å². The van der Waals surface area contributed by atoms with Crippen molar-refractivity contribution in [1.29, 1.82) is 0 Å². The third kappa shape index (κ3) is 7.99. The van der Waals surface area contributed by atoms with E-state index in [2.05, 4.69) is 41.5 Å². The van der Waals surface area contributed by atoms with Gasteiger partial charge in [0, 0.05) is 34.8 Å². The highest BCUT2D eigenvalue weighted by atomic mass is 79.9. The second-order valence-corrected chi connectivity index (χ2v) is 14.4. The number of hydrogen-bond donors (Lipinski definition) is 2. The summed E-state index contributed by atoms with van der Waals surface area (Å²) in [4.78, 5) is 17.8. The zero-order valence-electron chi connectivity index (χ0n) is 25.2. The van der Waals surface area contributed by atoms with Crippen LogP contribution in [0.3, 0.4) is 0 Å². The summed E-state index contributed by atoms with van der Waals surface area (Å²) in [5, 5.41) is 10.5. The molecule has 0 spiro atoms. The molecule has 0 saturated heterocycles. The first-order valence-electron chi connectivity index (χ1n) is 14.8. The lowest BCUT2D eigenvalue weighted by Crippen LogP contribution is -2.27. The molecule has 0 aliphatic rings. The van der Waals surface area contributed by atoms with Crippen LogP contribution in [0.15, 0.2) is 106 Å². The smallest absolute Gasteiger partial charge is 0.196 e. The summed E-state index contributed by atoms with van der Waals surface area (Å²) >= 11 is 5.11. The number of fused-ring (bicyclic) bond motifs is 1. The maximum absolute atomic E-state index is 13.5. The Morgan fingerprint density at radius 1 is 1.00 bits per heavy atom. The highest BCUT2D eigenvalue weighted by Gasteiger charge is 2.19. The highest BCUT2D eigenvalue weighted by Crippen LogP contribution is 2.33. The van der Waals surface area contributed by atoms with E-state index in [0.29, 0.717) is 11.6 Å². The second-order valence-electron chi connectivity index (χ2n) is 10.6. The van der Waals surface area contributed by atoms with Gasteiger partial charge in [-0.3, -0.25) is 0 Å². The molecule has 240 valence electrons. The monoisotopic (exact) mass is 732 g/mol. The zero-order valence-corrected chi connectivity index (χ0v) is 28.4. The van der Waals surface area contributed by atoms with Gasteiger partial charge in [-0.05, 0) is 82.5 Å². The van der Waals surface area contributed by atoms with Crippen LogP contribution in [0.4, 0.5) is 15.9 Å². The van der Waals surface area contributed by atoms with Crippen molar-refractivity contribution in [2.75, 3.05) is 17.6 Å². The fraction of sp³-hybridized carbons (Fsp3) is 0.176. The maximum atomic E-state index is 13.5. The molecule has 0 radical (unpaired) electrons. The van der Waals surface area contributed by atoms with Crippen LogP contribution in [0.5, 0.6) is 5.75 Å². The summed E-state index contributed by atoms with van der Waals surface area (Å²) in [7, 11) is -3.48. The van der Waals surface area contributed by atoms with Crippen LogP contribution in [-0.4, -0.2) is 40.7 Å². The van der Waals surface area contributed by atoms with Gasteiger partial charge in [-0.25, -0.2) is 32.7 Å². The average molecular weight is 734 g/mol.